The summed E-state index contributed by atoms with van der Waals surface area (Å²) >= 11 is 1.14. The van der Waals surface area contributed by atoms with Gasteiger partial charge in [0.2, 0.25) is 0 Å². The lowest BCUT2D eigenvalue weighted by molar-refractivity contribution is 0.603. The number of hydrogen-bond acceptors (Lipinski definition) is 6. The summed E-state index contributed by atoms with van der Waals surface area (Å²) in [6.07, 6.45) is 2.90. The number of anilines is 1. The summed E-state index contributed by atoms with van der Waals surface area (Å²) < 4.78 is 26.4. The van der Waals surface area contributed by atoms with Gasteiger partial charge in [-0.15, -0.1) is 11.3 Å². The van der Waals surface area contributed by atoms with E-state index in [1.807, 2.05) is 0 Å². The van der Waals surface area contributed by atoms with E-state index in [0.29, 0.717) is 5.56 Å². The molecule has 0 unspecified atom stereocenters. The molecule has 0 saturated heterocycles. The minimum atomic E-state index is -3.55. The second-order valence-corrected chi connectivity index (χ2v) is 6.15. The number of rotatable bonds is 4. The van der Waals surface area contributed by atoms with Crippen molar-refractivity contribution in [1.29, 1.82) is 0 Å². The van der Waals surface area contributed by atoms with Crippen LogP contribution in [-0.4, -0.2) is 19.6 Å². The summed E-state index contributed by atoms with van der Waals surface area (Å²) in [4.78, 5) is 3.96. The Hall–Kier alpha value is -1.93. The van der Waals surface area contributed by atoms with E-state index in [1.165, 1.54) is 18.5 Å². The van der Waals surface area contributed by atoms with Crippen LogP contribution in [0, 0.1) is 0 Å². The Bertz CT molecular complexity index is 633. The topological polar surface area (TPSA) is 97.4 Å². The van der Waals surface area contributed by atoms with E-state index in [2.05, 4.69) is 14.8 Å². The number of nitrogens with zero attached hydrogens (tertiary/aromatic N) is 2. The molecule has 2 aromatic rings. The smallest absolute Gasteiger partial charge is 0.272 e. The van der Waals surface area contributed by atoms with Crippen LogP contribution in [0.15, 0.2) is 45.2 Å². The third-order valence-electron chi connectivity index (χ3n) is 2.01. The molecule has 18 heavy (non-hydrogen) atoms. The zero-order valence-electron chi connectivity index (χ0n) is 9.15. The Kier molecular flexibility index (Phi) is 3.58. The van der Waals surface area contributed by atoms with Crippen LogP contribution in [0.5, 0.6) is 0 Å². The van der Waals surface area contributed by atoms with E-state index in [-0.39, 0.29) is 10.0 Å². The highest BCUT2D eigenvalue weighted by molar-refractivity contribution is 7.94. The average Bonchev–Trinajstić information content (AvgIpc) is 2.86. The third-order valence-corrected chi connectivity index (χ3v) is 4.76. The summed E-state index contributed by atoms with van der Waals surface area (Å²) in [6, 6.07) is 6.41. The number of nitrogens with one attached hydrogen (secondary N) is 1. The Balaban J connectivity index is 2.19. The fourth-order valence-electron chi connectivity index (χ4n) is 1.23. The van der Waals surface area contributed by atoms with Gasteiger partial charge in [-0.05, 0) is 23.6 Å². The first kappa shape index (κ1) is 12.5. The quantitative estimate of drug-likeness (QED) is 0.501. The van der Waals surface area contributed by atoms with Gasteiger partial charge in [-0.3, -0.25) is 4.72 Å². The fourth-order valence-corrected chi connectivity index (χ4v) is 3.23. The largest absolute Gasteiger partial charge is 0.323 e. The summed E-state index contributed by atoms with van der Waals surface area (Å²) in [5.41, 5.74) is 0.691. The van der Waals surface area contributed by atoms with Gasteiger partial charge in [0.15, 0.2) is 0 Å². The van der Waals surface area contributed by atoms with Crippen LogP contribution in [0.2, 0.25) is 0 Å². The average molecular weight is 282 g/mol. The molecule has 6 nitrogen and oxygen atoms in total. The lowest BCUT2D eigenvalue weighted by atomic mass is 10.3. The number of pyridine rings is 1. The molecular formula is C10H10N4O2S2. The van der Waals surface area contributed by atoms with E-state index < -0.39 is 10.0 Å². The number of aromatic nitrogens is 1. The molecule has 0 spiro atoms. The van der Waals surface area contributed by atoms with Crippen LogP contribution in [0.4, 0.5) is 5.82 Å². The summed E-state index contributed by atoms with van der Waals surface area (Å²) in [5, 5.41) is 5.05. The highest BCUT2D eigenvalue weighted by Crippen LogP contribution is 2.18. The Morgan fingerprint density at radius 1 is 1.39 bits per heavy atom. The van der Waals surface area contributed by atoms with Gasteiger partial charge in [0.1, 0.15) is 10.0 Å². The van der Waals surface area contributed by atoms with Gasteiger partial charge >= 0.3 is 0 Å². The number of hydrazone groups is 1. The minimum Gasteiger partial charge on any atom is -0.323 e. The second kappa shape index (κ2) is 5.15. The fraction of sp³-hybridized carbons (Fsp3) is 0. The summed E-state index contributed by atoms with van der Waals surface area (Å²) in [5.74, 6) is 5.24. The molecular weight excluding hydrogens is 272 g/mol. The number of hydrogen-bond donors (Lipinski definition) is 2. The molecule has 0 aliphatic heterocycles. The molecule has 0 fully saturated rings. The second-order valence-electron chi connectivity index (χ2n) is 3.29. The van der Waals surface area contributed by atoms with Gasteiger partial charge in [0.25, 0.3) is 10.0 Å². The molecule has 0 atom stereocenters. The lowest BCUT2D eigenvalue weighted by Gasteiger charge is -2.04. The van der Waals surface area contributed by atoms with Crippen molar-refractivity contribution in [1.82, 2.24) is 4.98 Å². The van der Waals surface area contributed by atoms with Crippen LogP contribution in [0.1, 0.15) is 5.56 Å². The zero-order chi connectivity index (χ0) is 13.0. The van der Waals surface area contributed by atoms with Crippen molar-refractivity contribution in [3.05, 3.63) is 41.4 Å². The maximum Gasteiger partial charge on any atom is 0.272 e. The van der Waals surface area contributed by atoms with Crippen LogP contribution >= 0.6 is 11.3 Å². The van der Waals surface area contributed by atoms with Gasteiger partial charge in [-0.25, -0.2) is 13.4 Å². The van der Waals surface area contributed by atoms with Gasteiger partial charge in [0, 0.05) is 11.8 Å². The van der Waals surface area contributed by atoms with E-state index >= 15 is 0 Å². The standard InChI is InChI=1S/C10H10N4O2S2/c11-13-7-8-3-4-9(12-6-8)14-18(15,16)10-2-1-5-17-10/h1-7H,11H2,(H,12,14). The lowest BCUT2D eigenvalue weighted by Crippen LogP contribution is -2.12. The van der Waals surface area contributed by atoms with Gasteiger partial charge in [0.05, 0.1) is 6.21 Å². The molecule has 0 saturated carbocycles. The molecule has 0 radical (unpaired) electrons. The van der Waals surface area contributed by atoms with E-state index in [9.17, 15) is 8.42 Å². The highest BCUT2D eigenvalue weighted by atomic mass is 32.2. The molecule has 0 bridgehead atoms. The number of thiophene rings is 1. The summed E-state index contributed by atoms with van der Waals surface area (Å²) in [6.45, 7) is 0. The highest BCUT2D eigenvalue weighted by Gasteiger charge is 2.15. The first-order valence-corrected chi connectivity index (χ1v) is 7.24. The number of sulfonamides is 1. The Morgan fingerprint density at radius 3 is 2.78 bits per heavy atom. The SMILES string of the molecule is NN=Cc1ccc(NS(=O)(=O)c2cccs2)nc1. The minimum absolute atomic E-state index is 0.247. The van der Waals surface area contributed by atoms with Crippen molar-refractivity contribution >= 4 is 33.4 Å². The molecule has 3 N–H and O–H groups in total. The van der Waals surface area contributed by atoms with E-state index in [0.717, 1.165) is 11.3 Å². The Labute approximate surface area is 108 Å². The van der Waals surface area contributed by atoms with Crippen LogP contribution in [0.25, 0.3) is 0 Å². The molecule has 0 aliphatic rings. The zero-order valence-corrected chi connectivity index (χ0v) is 10.8. The van der Waals surface area contributed by atoms with Crippen molar-refractivity contribution in [3.63, 3.8) is 0 Å². The summed E-state index contributed by atoms with van der Waals surface area (Å²) in [7, 11) is -3.55. The van der Waals surface area contributed by atoms with Crippen LogP contribution in [-0.2, 0) is 10.0 Å². The van der Waals surface area contributed by atoms with Crippen molar-refractivity contribution in [3.8, 4) is 0 Å². The van der Waals surface area contributed by atoms with Gasteiger partial charge < -0.3 is 5.84 Å². The van der Waals surface area contributed by atoms with Crippen LogP contribution in [0.3, 0.4) is 0 Å². The molecule has 8 heteroatoms. The maximum absolute atomic E-state index is 11.9. The first-order chi connectivity index (χ1) is 8.62. The van der Waals surface area contributed by atoms with Gasteiger partial charge in [-0.2, -0.15) is 5.10 Å². The van der Waals surface area contributed by atoms with Crippen LogP contribution < -0.4 is 10.6 Å². The Morgan fingerprint density at radius 2 is 2.22 bits per heavy atom. The predicted octanol–water partition coefficient (Wildman–Crippen LogP) is 1.24. The molecule has 94 valence electrons. The van der Waals surface area contributed by atoms with Crippen molar-refractivity contribution < 1.29 is 8.42 Å². The molecule has 0 aromatic carbocycles. The van der Waals surface area contributed by atoms with Crippen molar-refractivity contribution in [2.45, 2.75) is 4.21 Å². The molecule has 2 heterocycles. The van der Waals surface area contributed by atoms with Gasteiger partial charge in [-0.1, -0.05) is 6.07 Å². The number of nitrogens with two attached hydrogens (primary N) is 1. The maximum atomic E-state index is 11.9. The molecule has 2 aromatic heterocycles. The van der Waals surface area contributed by atoms with Crippen molar-refractivity contribution in [2.75, 3.05) is 4.72 Å². The van der Waals surface area contributed by atoms with E-state index in [1.54, 1.807) is 23.6 Å². The first-order valence-electron chi connectivity index (χ1n) is 4.87. The van der Waals surface area contributed by atoms with Crippen molar-refractivity contribution in [2.24, 2.45) is 10.9 Å². The molecule has 0 aliphatic carbocycles. The monoisotopic (exact) mass is 282 g/mol. The van der Waals surface area contributed by atoms with E-state index in [4.69, 9.17) is 5.84 Å². The predicted molar refractivity (Wildman–Crippen MR) is 71.1 cm³/mol. The molecule has 2 rings (SSSR count). The normalized spacial score (nSPS) is 11.8. The molecule has 0 amide bonds. The third kappa shape index (κ3) is 2.84.